The minimum atomic E-state index is -0.425. The minimum Gasteiger partial charge on any atom is -0.386 e. The molecule has 0 bridgehead atoms. The summed E-state index contributed by atoms with van der Waals surface area (Å²) >= 11 is 0. The second-order valence-corrected chi connectivity index (χ2v) is 4.76. The average Bonchev–Trinajstić information content (AvgIpc) is 2.39. The van der Waals surface area contributed by atoms with E-state index in [-0.39, 0.29) is 0 Å². The van der Waals surface area contributed by atoms with Crippen LogP contribution in [0.25, 0.3) is 0 Å². The molecule has 1 saturated carbocycles. The Balaban J connectivity index is 1.94. The highest BCUT2D eigenvalue weighted by molar-refractivity contribution is 5.01. The van der Waals surface area contributed by atoms with Gasteiger partial charge in [0.15, 0.2) is 0 Å². The lowest BCUT2D eigenvalue weighted by molar-refractivity contribution is 0.0693. The van der Waals surface area contributed by atoms with Crippen LogP contribution in [0.2, 0.25) is 0 Å². The van der Waals surface area contributed by atoms with Gasteiger partial charge >= 0.3 is 0 Å². The molecular weight excluding hydrogens is 200 g/mol. The molecule has 88 valence electrons. The Morgan fingerprint density at radius 3 is 2.62 bits per heavy atom. The predicted molar refractivity (Wildman–Crippen MR) is 62.7 cm³/mol. The maximum Gasteiger partial charge on any atom is 0.100 e. The first-order chi connectivity index (χ1) is 7.81. The van der Waals surface area contributed by atoms with Gasteiger partial charge in [-0.05, 0) is 24.7 Å². The third-order valence-electron chi connectivity index (χ3n) is 3.80. The van der Waals surface area contributed by atoms with Gasteiger partial charge < -0.3 is 5.11 Å². The Hall–Kier alpha value is -0.960. The van der Waals surface area contributed by atoms with E-state index in [0.717, 1.165) is 24.5 Å². The van der Waals surface area contributed by atoms with Crippen molar-refractivity contribution in [2.75, 3.05) is 0 Å². The van der Waals surface area contributed by atoms with E-state index >= 15 is 0 Å². The Kier molecular flexibility index (Phi) is 3.88. The predicted octanol–water partition coefficient (Wildman–Crippen LogP) is 2.73. The molecule has 16 heavy (non-hydrogen) atoms. The normalized spacial score (nSPS) is 27.6. The number of nitrogens with zero attached hydrogens (tertiary/aromatic N) is 2. The molecular formula is C13H20N2O. The van der Waals surface area contributed by atoms with Crippen molar-refractivity contribution in [3.63, 3.8) is 0 Å². The van der Waals surface area contributed by atoms with Gasteiger partial charge in [-0.2, -0.15) is 0 Å². The van der Waals surface area contributed by atoms with Crippen LogP contribution in [-0.2, 0) is 0 Å². The number of hydrogen-bond acceptors (Lipinski definition) is 3. The molecule has 3 heteroatoms. The van der Waals surface area contributed by atoms with Crippen molar-refractivity contribution in [2.24, 2.45) is 11.8 Å². The first kappa shape index (κ1) is 11.5. The van der Waals surface area contributed by atoms with E-state index in [9.17, 15) is 5.11 Å². The zero-order valence-corrected chi connectivity index (χ0v) is 9.84. The second-order valence-electron chi connectivity index (χ2n) is 4.76. The van der Waals surface area contributed by atoms with Crippen molar-refractivity contribution >= 4 is 0 Å². The van der Waals surface area contributed by atoms with Crippen molar-refractivity contribution < 1.29 is 5.11 Å². The van der Waals surface area contributed by atoms with Crippen LogP contribution in [0.5, 0.6) is 0 Å². The van der Waals surface area contributed by atoms with Crippen LogP contribution < -0.4 is 0 Å². The Bertz CT molecular complexity index is 307. The Labute approximate surface area is 96.9 Å². The van der Waals surface area contributed by atoms with Crippen LogP contribution in [0.4, 0.5) is 0 Å². The van der Waals surface area contributed by atoms with Gasteiger partial charge in [0.05, 0.1) is 11.9 Å². The fourth-order valence-corrected chi connectivity index (χ4v) is 2.62. The minimum absolute atomic E-state index is 0.375. The summed E-state index contributed by atoms with van der Waals surface area (Å²) in [6.07, 6.45) is 10.6. The Morgan fingerprint density at radius 1 is 1.31 bits per heavy atom. The fourth-order valence-electron chi connectivity index (χ4n) is 2.62. The van der Waals surface area contributed by atoms with Gasteiger partial charge in [0, 0.05) is 12.4 Å². The molecule has 1 heterocycles. The molecule has 1 aliphatic rings. The lowest BCUT2D eigenvalue weighted by atomic mass is 9.78. The highest BCUT2D eigenvalue weighted by Gasteiger charge is 2.27. The fraction of sp³-hybridized carbons (Fsp3) is 0.692. The molecule has 1 fully saturated rings. The summed E-state index contributed by atoms with van der Waals surface area (Å²) in [5.74, 6) is 1.24. The van der Waals surface area contributed by atoms with E-state index in [0.29, 0.717) is 5.92 Å². The maximum absolute atomic E-state index is 10.2. The van der Waals surface area contributed by atoms with Crippen molar-refractivity contribution in [3.8, 4) is 0 Å². The smallest absolute Gasteiger partial charge is 0.100 e. The highest BCUT2D eigenvalue weighted by Crippen LogP contribution is 2.37. The molecule has 2 rings (SSSR count). The van der Waals surface area contributed by atoms with Crippen molar-refractivity contribution in [1.82, 2.24) is 9.97 Å². The number of hydrogen-bond donors (Lipinski definition) is 1. The van der Waals surface area contributed by atoms with Crippen LogP contribution in [0, 0.1) is 11.8 Å². The van der Waals surface area contributed by atoms with Gasteiger partial charge in [-0.15, -0.1) is 0 Å². The third-order valence-corrected chi connectivity index (χ3v) is 3.80. The zero-order valence-electron chi connectivity index (χ0n) is 9.84. The molecule has 0 saturated heterocycles. The Morgan fingerprint density at radius 2 is 2.06 bits per heavy atom. The van der Waals surface area contributed by atoms with Gasteiger partial charge in [0.25, 0.3) is 0 Å². The second kappa shape index (κ2) is 5.39. The molecule has 0 spiro atoms. The highest BCUT2D eigenvalue weighted by atomic mass is 16.3. The molecule has 0 amide bonds. The standard InChI is InChI=1S/C13H20N2O/c1-2-10-3-5-11(6-4-10)13(16)12-9-14-7-8-15-12/h7-11,13,16H,2-6H2,1H3. The molecule has 1 unspecified atom stereocenters. The zero-order chi connectivity index (χ0) is 11.4. The molecule has 1 atom stereocenters. The van der Waals surface area contributed by atoms with Crippen LogP contribution in [0.3, 0.4) is 0 Å². The first-order valence-corrected chi connectivity index (χ1v) is 6.25. The summed E-state index contributed by atoms with van der Waals surface area (Å²) in [6, 6.07) is 0. The first-order valence-electron chi connectivity index (χ1n) is 6.25. The van der Waals surface area contributed by atoms with Gasteiger partial charge in [-0.3, -0.25) is 9.97 Å². The van der Waals surface area contributed by atoms with E-state index < -0.39 is 6.10 Å². The molecule has 1 aliphatic carbocycles. The van der Waals surface area contributed by atoms with Gasteiger partial charge in [0.1, 0.15) is 6.10 Å². The largest absolute Gasteiger partial charge is 0.386 e. The van der Waals surface area contributed by atoms with Crippen LogP contribution in [-0.4, -0.2) is 15.1 Å². The number of aliphatic hydroxyl groups is 1. The quantitative estimate of drug-likeness (QED) is 0.852. The summed E-state index contributed by atoms with van der Waals surface area (Å²) in [6.45, 7) is 2.25. The summed E-state index contributed by atoms with van der Waals surface area (Å²) < 4.78 is 0. The molecule has 0 aromatic carbocycles. The van der Waals surface area contributed by atoms with Crippen molar-refractivity contribution in [1.29, 1.82) is 0 Å². The lowest BCUT2D eigenvalue weighted by Gasteiger charge is -2.30. The number of aromatic nitrogens is 2. The summed E-state index contributed by atoms with van der Waals surface area (Å²) in [4.78, 5) is 8.19. The topological polar surface area (TPSA) is 46.0 Å². The van der Waals surface area contributed by atoms with E-state index in [2.05, 4.69) is 16.9 Å². The summed E-state index contributed by atoms with van der Waals surface area (Å²) in [5, 5.41) is 10.2. The number of rotatable bonds is 3. The van der Waals surface area contributed by atoms with Gasteiger partial charge in [-0.25, -0.2) is 0 Å². The molecule has 1 N–H and O–H groups in total. The lowest BCUT2D eigenvalue weighted by Crippen LogP contribution is -2.20. The van der Waals surface area contributed by atoms with E-state index in [1.54, 1.807) is 18.6 Å². The van der Waals surface area contributed by atoms with Crippen LogP contribution >= 0.6 is 0 Å². The van der Waals surface area contributed by atoms with Crippen molar-refractivity contribution in [3.05, 3.63) is 24.3 Å². The monoisotopic (exact) mass is 220 g/mol. The molecule has 0 radical (unpaired) electrons. The van der Waals surface area contributed by atoms with Gasteiger partial charge in [-0.1, -0.05) is 26.2 Å². The summed E-state index contributed by atoms with van der Waals surface area (Å²) in [5.41, 5.74) is 0.724. The number of aliphatic hydroxyl groups excluding tert-OH is 1. The SMILES string of the molecule is CCC1CCC(C(O)c2cnccn2)CC1. The van der Waals surface area contributed by atoms with Crippen LogP contribution in [0.1, 0.15) is 50.8 Å². The van der Waals surface area contributed by atoms with Gasteiger partial charge in [0.2, 0.25) is 0 Å². The molecule has 1 aromatic heterocycles. The van der Waals surface area contributed by atoms with E-state index in [1.807, 2.05) is 0 Å². The maximum atomic E-state index is 10.2. The summed E-state index contributed by atoms with van der Waals surface area (Å²) in [7, 11) is 0. The third kappa shape index (κ3) is 2.59. The average molecular weight is 220 g/mol. The van der Waals surface area contributed by atoms with E-state index in [4.69, 9.17) is 0 Å². The van der Waals surface area contributed by atoms with E-state index in [1.165, 1.54) is 19.3 Å². The van der Waals surface area contributed by atoms with Crippen LogP contribution in [0.15, 0.2) is 18.6 Å². The molecule has 0 aliphatic heterocycles. The molecule has 3 nitrogen and oxygen atoms in total. The van der Waals surface area contributed by atoms with Crippen molar-refractivity contribution in [2.45, 2.75) is 45.1 Å². The molecule has 1 aromatic rings.